The number of alkyl halides is 1. The highest BCUT2D eigenvalue weighted by Crippen LogP contribution is 2.10. The molecule has 0 saturated heterocycles. The van der Waals surface area contributed by atoms with Gasteiger partial charge in [0, 0.05) is 6.92 Å². The van der Waals surface area contributed by atoms with E-state index in [0.717, 1.165) is 0 Å². The zero-order chi connectivity index (χ0) is 10.7. The molecule has 1 unspecified atom stereocenters. The summed E-state index contributed by atoms with van der Waals surface area (Å²) in [7, 11) is 0. The number of hydrogen-bond acceptors (Lipinski definition) is 4. The van der Waals surface area contributed by atoms with Gasteiger partial charge >= 0.3 is 5.82 Å². The van der Waals surface area contributed by atoms with Gasteiger partial charge in [-0.2, -0.15) is 0 Å². The van der Waals surface area contributed by atoms with Gasteiger partial charge in [-0.05, 0) is 9.91 Å². The summed E-state index contributed by atoms with van der Waals surface area (Å²) >= 11 is 5.41. The van der Waals surface area contributed by atoms with Gasteiger partial charge in [-0.1, -0.05) is 0 Å². The van der Waals surface area contributed by atoms with Crippen LogP contribution in [0.25, 0.3) is 0 Å². The van der Waals surface area contributed by atoms with Gasteiger partial charge in [0.25, 0.3) is 0 Å². The van der Waals surface area contributed by atoms with Crippen molar-refractivity contribution in [3.63, 3.8) is 0 Å². The number of nitro groups is 1. The zero-order valence-corrected chi connectivity index (χ0v) is 8.31. The number of rotatable bonds is 4. The normalized spacial score (nSPS) is 12.8. The predicted molar refractivity (Wildman–Crippen MR) is 50.3 cm³/mol. The second-order valence-corrected chi connectivity index (χ2v) is 3.17. The standard InChI is InChI=1S/C7H10ClN3O3/c1-5-9-7(11(13)14)4-10(5)3-6(12)2-8/h4,6,12H,2-3H2,1H3. The number of nitrogens with zero attached hydrogens (tertiary/aromatic N) is 3. The van der Waals surface area contributed by atoms with Crippen LogP contribution < -0.4 is 0 Å². The Balaban J connectivity index is 2.82. The number of halogens is 1. The average Bonchev–Trinajstić information content (AvgIpc) is 2.48. The van der Waals surface area contributed by atoms with Gasteiger partial charge in [0.15, 0.2) is 0 Å². The van der Waals surface area contributed by atoms with E-state index in [1.165, 1.54) is 10.8 Å². The van der Waals surface area contributed by atoms with E-state index in [4.69, 9.17) is 11.6 Å². The summed E-state index contributed by atoms with van der Waals surface area (Å²) in [4.78, 5) is 13.5. The van der Waals surface area contributed by atoms with Crippen molar-refractivity contribution in [2.45, 2.75) is 19.6 Å². The number of imidazole rings is 1. The van der Waals surface area contributed by atoms with Crippen LogP contribution >= 0.6 is 11.6 Å². The maximum atomic E-state index is 10.4. The minimum absolute atomic E-state index is 0.0887. The Morgan fingerprint density at radius 3 is 2.93 bits per heavy atom. The minimum atomic E-state index is -0.718. The number of aryl methyl sites for hydroxylation is 1. The highest BCUT2D eigenvalue weighted by molar-refractivity contribution is 6.18. The highest BCUT2D eigenvalue weighted by atomic mass is 35.5. The van der Waals surface area contributed by atoms with Gasteiger partial charge in [-0.3, -0.25) is 0 Å². The van der Waals surface area contributed by atoms with Crippen LogP contribution in [-0.4, -0.2) is 31.6 Å². The molecule has 0 bridgehead atoms. The number of aliphatic hydroxyl groups excluding tert-OH is 1. The van der Waals surface area contributed by atoms with E-state index in [9.17, 15) is 15.2 Å². The Morgan fingerprint density at radius 1 is 1.86 bits per heavy atom. The van der Waals surface area contributed by atoms with Crippen molar-refractivity contribution in [2.24, 2.45) is 0 Å². The molecule has 0 aliphatic rings. The van der Waals surface area contributed by atoms with Crippen LogP contribution in [0.1, 0.15) is 5.82 Å². The molecule has 1 aromatic heterocycles. The molecule has 0 aliphatic heterocycles. The molecule has 1 aromatic rings. The van der Waals surface area contributed by atoms with E-state index in [2.05, 4.69) is 4.98 Å². The molecule has 0 radical (unpaired) electrons. The SMILES string of the molecule is Cc1nc([N+](=O)[O-])cn1CC(O)CCl. The molecule has 1 rings (SSSR count). The molecule has 14 heavy (non-hydrogen) atoms. The Bertz CT molecular complexity index is 339. The van der Waals surface area contributed by atoms with E-state index in [1.807, 2.05) is 0 Å². The molecule has 6 nitrogen and oxygen atoms in total. The lowest BCUT2D eigenvalue weighted by molar-refractivity contribution is -0.389. The van der Waals surface area contributed by atoms with E-state index in [1.54, 1.807) is 6.92 Å². The van der Waals surface area contributed by atoms with Crippen molar-refractivity contribution < 1.29 is 10.0 Å². The molecule has 0 saturated carbocycles. The molecule has 1 heterocycles. The molecular formula is C7H10ClN3O3. The zero-order valence-electron chi connectivity index (χ0n) is 7.55. The first-order valence-electron chi connectivity index (χ1n) is 3.96. The highest BCUT2D eigenvalue weighted by Gasteiger charge is 2.16. The van der Waals surface area contributed by atoms with Crippen LogP contribution in [-0.2, 0) is 6.54 Å². The van der Waals surface area contributed by atoms with Crippen molar-refractivity contribution in [3.8, 4) is 0 Å². The fraction of sp³-hybridized carbons (Fsp3) is 0.571. The number of hydrogen-bond donors (Lipinski definition) is 1. The second kappa shape index (κ2) is 4.39. The molecule has 78 valence electrons. The van der Waals surface area contributed by atoms with Gasteiger partial charge in [0.2, 0.25) is 5.82 Å². The molecule has 0 aromatic carbocycles. The first-order chi connectivity index (χ1) is 6.54. The third-order valence-corrected chi connectivity index (χ3v) is 2.09. The Hall–Kier alpha value is -1.14. The van der Waals surface area contributed by atoms with Crippen LogP contribution in [0.15, 0.2) is 6.20 Å². The number of aliphatic hydroxyl groups is 1. The lowest BCUT2D eigenvalue weighted by atomic mass is 10.4. The fourth-order valence-electron chi connectivity index (χ4n) is 1.04. The lowest BCUT2D eigenvalue weighted by Gasteiger charge is -2.06. The molecule has 0 aliphatic carbocycles. The van der Waals surface area contributed by atoms with Gasteiger partial charge in [0.1, 0.15) is 6.20 Å². The Morgan fingerprint density at radius 2 is 2.50 bits per heavy atom. The summed E-state index contributed by atoms with van der Waals surface area (Å²) < 4.78 is 1.51. The Labute approximate surface area is 85.3 Å². The van der Waals surface area contributed by atoms with Crippen molar-refractivity contribution >= 4 is 17.4 Å². The van der Waals surface area contributed by atoms with Crippen molar-refractivity contribution in [1.82, 2.24) is 9.55 Å². The molecule has 0 fully saturated rings. The third-order valence-electron chi connectivity index (χ3n) is 1.74. The van der Waals surface area contributed by atoms with Crippen LogP contribution in [0.4, 0.5) is 5.82 Å². The smallest absolute Gasteiger partial charge is 0.381 e. The van der Waals surface area contributed by atoms with Crippen LogP contribution in [0.5, 0.6) is 0 Å². The maximum absolute atomic E-state index is 10.4. The third kappa shape index (κ3) is 2.43. The minimum Gasteiger partial charge on any atom is -0.390 e. The number of aromatic nitrogens is 2. The molecule has 1 N–H and O–H groups in total. The van der Waals surface area contributed by atoms with Crippen LogP contribution in [0, 0.1) is 17.0 Å². The molecule has 7 heteroatoms. The summed E-state index contributed by atoms with van der Waals surface area (Å²) in [5, 5.41) is 19.6. The van der Waals surface area contributed by atoms with Crippen molar-refractivity contribution in [3.05, 3.63) is 22.1 Å². The topological polar surface area (TPSA) is 81.2 Å². The summed E-state index contributed by atoms with van der Waals surface area (Å²) in [6.45, 7) is 1.85. The monoisotopic (exact) mass is 219 g/mol. The quantitative estimate of drug-likeness (QED) is 0.459. The predicted octanol–water partition coefficient (Wildman–Crippen LogP) is 0.699. The van der Waals surface area contributed by atoms with E-state index in [-0.39, 0.29) is 18.2 Å². The van der Waals surface area contributed by atoms with E-state index >= 15 is 0 Å². The van der Waals surface area contributed by atoms with Crippen LogP contribution in [0.3, 0.4) is 0 Å². The molecule has 1 atom stereocenters. The van der Waals surface area contributed by atoms with Crippen LogP contribution in [0.2, 0.25) is 0 Å². The van der Waals surface area contributed by atoms with E-state index < -0.39 is 11.0 Å². The summed E-state index contributed by atoms with van der Waals surface area (Å²) in [6.07, 6.45) is 0.564. The molecule has 0 spiro atoms. The first kappa shape index (κ1) is 10.9. The second-order valence-electron chi connectivity index (χ2n) is 2.86. The average molecular weight is 220 g/mol. The van der Waals surface area contributed by atoms with Crippen molar-refractivity contribution in [1.29, 1.82) is 0 Å². The summed E-state index contributed by atoms with van der Waals surface area (Å²) in [6, 6.07) is 0. The summed E-state index contributed by atoms with van der Waals surface area (Å²) in [5.41, 5.74) is 0. The maximum Gasteiger partial charge on any atom is 0.381 e. The van der Waals surface area contributed by atoms with E-state index in [0.29, 0.717) is 5.82 Å². The van der Waals surface area contributed by atoms with Gasteiger partial charge in [0.05, 0.1) is 18.5 Å². The van der Waals surface area contributed by atoms with Crippen molar-refractivity contribution in [2.75, 3.05) is 5.88 Å². The molecule has 0 amide bonds. The van der Waals surface area contributed by atoms with Gasteiger partial charge in [-0.15, -0.1) is 11.6 Å². The largest absolute Gasteiger partial charge is 0.390 e. The van der Waals surface area contributed by atoms with Gasteiger partial charge < -0.3 is 19.8 Å². The van der Waals surface area contributed by atoms with Gasteiger partial charge in [-0.25, -0.2) is 0 Å². The molecular weight excluding hydrogens is 210 g/mol. The Kier molecular flexibility index (Phi) is 3.43. The fourth-order valence-corrected chi connectivity index (χ4v) is 1.14. The lowest BCUT2D eigenvalue weighted by Crippen LogP contribution is -2.17. The summed E-state index contributed by atoms with van der Waals surface area (Å²) in [5.74, 6) is 0.357. The first-order valence-corrected chi connectivity index (χ1v) is 4.50.